The van der Waals surface area contributed by atoms with Gasteiger partial charge in [-0.15, -0.1) is 0 Å². The lowest BCUT2D eigenvalue weighted by molar-refractivity contribution is 0.192. The molecule has 1 aromatic carbocycles. The van der Waals surface area contributed by atoms with Gasteiger partial charge in [-0.05, 0) is 39.3 Å². The molecular formula is C16H24N2O. The van der Waals surface area contributed by atoms with Crippen LogP contribution in [0.2, 0.25) is 0 Å². The molecule has 1 aromatic rings. The predicted octanol–water partition coefficient (Wildman–Crippen LogP) is 2.41. The Labute approximate surface area is 115 Å². The molecular weight excluding hydrogens is 236 g/mol. The monoisotopic (exact) mass is 260 g/mol. The Balaban J connectivity index is 1.89. The molecule has 2 heterocycles. The van der Waals surface area contributed by atoms with Crippen LogP contribution < -0.4 is 4.90 Å². The van der Waals surface area contributed by atoms with E-state index >= 15 is 0 Å². The van der Waals surface area contributed by atoms with Gasteiger partial charge in [0, 0.05) is 36.4 Å². The van der Waals surface area contributed by atoms with E-state index in [2.05, 4.69) is 28.9 Å². The van der Waals surface area contributed by atoms with Crippen molar-refractivity contribution < 1.29 is 5.11 Å². The highest BCUT2D eigenvalue weighted by molar-refractivity contribution is 5.56. The zero-order valence-corrected chi connectivity index (χ0v) is 11.9. The van der Waals surface area contributed by atoms with Crippen LogP contribution in [-0.4, -0.2) is 41.7 Å². The Morgan fingerprint density at radius 1 is 1.26 bits per heavy atom. The van der Waals surface area contributed by atoms with Gasteiger partial charge in [0.05, 0.1) is 6.10 Å². The van der Waals surface area contributed by atoms with E-state index in [4.69, 9.17) is 0 Å². The number of rotatable bonds is 2. The molecule has 2 aliphatic rings. The minimum absolute atomic E-state index is 0.398. The van der Waals surface area contributed by atoms with Crippen molar-refractivity contribution in [3.8, 4) is 0 Å². The molecule has 0 amide bonds. The molecule has 2 unspecified atom stereocenters. The number of anilines is 1. The Morgan fingerprint density at radius 3 is 2.84 bits per heavy atom. The molecule has 3 atom stereocenters. The molecule has 2 aliphatic heterocycles. The van der Waals surface area contributed by atoms with E-state index < -0.39 is 6.10 Å². The minimum atomic E-state index is -0.398. The summed E-state index contributed by atoms with van der Waals surface area (Å²) in [5.41, 5.74) is 2.28. The highest BCUT2D eigenvalue weighted by atomic mass is 16.3. The maximum atomic E-state index is 9.97. The van der Waals surface area contributed by atoms with Gasteiger partial charge in [-0.2, -0.15) is 0 Å². The number of fused-ring (bicyclic) bond motifs is 1. The average Bonchev–Trinajstić information content (AvgIpc) is 2.84. The molecule has 19 heavy (non-hydrogen) atoms. The summed E-state index contributed by atoms with van der Waals surface area (Å²) in [6, 6.07) is 9.53. The fraction of sp³-hybridized carbons (Fsp3) is 0.625. The second kappa shape index (κ2) is 5.14. The van der Waals surface area contributed by atoms with E-state index in [1.54, 1.807) is 0 Å². The second-order valence-corrected chi connectivity index (χ2v) is 6.03. The minimum Gasteiger partial charge on any atom is -0.389 e. The molecule has 2 saturated heterocycles. The number of para-hydroxylation sites is 1. The number of aliphatic hydroxyl groups is 1. The van der Waals surface area contributed by atoms with E-state index in [0.717, 1.165) is 18.7 Å². The summed E-state index contributed by atoms with van der Waals surface area (Å²) in [6.45, 7) is 7.67. The Bertz CT molecular complexity index is 446. The fourth-order valence-electron chi connectivity index (χ4n) is 3.63. The topological polar surface area (TPSA) is 26.7 Å². The van der Waals surface area contributed by atoms with E-state index in [-0.39, 0.29) is 0 Å². The summed E-state index contributed by atoms with van der Waals surface area (Å²) in [5, 5.41) is 9.97. The lowest BCUT2D eigenvalue weighted by Crippen LogP contribution is -2.55. The van der Waals surface area contributed by atoms with Crippen molar-refractivity contribution >= 4 is 5.69 Å². The van der Waals surface area contributed by atoms with E-state index in [9.17, 15) is 5.11 Å². The quantitative estimate of drug-likeness (QED) is 0.884. The summed E-state index contributed by atoms with van der Waals surface area (Å²) >= 11 is 0. The average molecular weight is 260 g/mol. The number of piperazine rings is 1. The first-order valence-electron chi connectivity index (χ1n) is 7.44. The molecule has 3 heteroatoms. The van der Waals surface area contributed by atoms with Gasteiger partial charge in [-0.3, -0.25) is 4.90 Å². The van der Waals surface area contributed by atoms with Crippen molar-refractivity contribution in [3.05, 3.63) is 29.8 Å². The molecule has 0 bridgehead atoms. The summed E-state index contributed by atoms with van der Waals surface area (Å²) in [4.78, 5) is 5.13. The SMILES string of the molecule is CC1CN2CCCC2CN1c1ccccc1[C@H](C)O. The van der Waals surface area contributed by atoms with Crippen molar-refractivity contribution in [2.75, 3.05) is 24.5 Å². The second-order valence-electron chi connectivity index (χ2n) is 6.03. The zero-order chi connectivity index (χ0) is 13.4. The lowest BCUT2D eigenvalue weighted by atomic mass is 10.0. The van der Waals surface area contributed by atoms with Crippen LogP contribution in [-0.2, 0) is 0 Å². The lowest BCUT2D eigenvalue weighted by Gasteiger charge is -2.44. The molecule has 3 nitrogen and oxygen atoms in total. The van der Waals surface area contributed by atoms with Gasteiger partial charge < -0.3 is 10.0 Å². The molecule has 104 valence electrons. The van der Waals surface area contributed by atoms with Gasteiger partial charge in [0.1, 0.15) is 0 Å². The molecule has 1 N–H and O–H groups in total. The third-order valence-electron chi connectivity index (χ3n) is 4.63. The number of hydrogen-bond acceptors (Lipinski definition) is 3. The van der Waals surface area contributed by atoms with Crippen LogP contribution in [0.1, 0.15) is 38.4 Å². The van der Waals surface area contributed by atoms with E-state index in [1.165, 1.54) is 25.1 Å². The first-order chi connectivity index (χ1) is 9.16. The summed E-state index contributed by atoms with van der Waals surface area (Å²) in [5.74, 6) is 0. The highest BCUT2D eigenvalue weighted by Gasteiger charge is 2.35. The van der Waals surface area contributed by atoms with Gasteiger partial charge in [-0.25, -0.2) is 0 Å². The van der Waals surface area contributed by atoms with Gasteiger partial charge in [0.15, 0.2) is 0 Å². The van der Waals surface area contributed by atoms with Crippen molar-refractivity contribution in [1.82, 2.24) is 4.90 Å². The van der Waals surface area contributed by atoms with Crippen LogP contribution in [0.3, 0.4) is 0 Å². The van der Waals surface area contributed by atoms with Crippen molar-refractivity contribution in [1.29, 1.82) is 0 Å². The fourth-order valence-corrected chi connectivity index (χ4v) is 3.63. The van der Waals surface area contributed by atoms with Crippen molar-refractivity contribution in [2.45, 2.75) is 44.9 Å². The van der Waals surface area contributed by atoms with Gasteiger partial charge in [0.25, 0.3) is 0 Å². The predicted molar refractivity (Wildman–Crippen MR) is 78.5 cm³/mol. The third-order valence-corrected chi connectivity index (χ3v) is 4.63. The molecule has 2 fully saturated rings. The van der Waals surface area contributed by atoms with Crippen LogP contribution >= 0.6 is 0 Å². The summed E-state index contributed by atoms with van der Waals surface area (Å²) in [7, 11) is 0. The number of hydrogen-bond donors (Lipinski definition) is 1. The van der Waals surface area contributed by atoms with Crippen molar-refractivity contribution in [2.24, 2.45) is 0 Å². The Morgan fingerprint density at radius 2 is 2.05 bits per heavy atom. The highest BCUT2D eigenvalue weighted by Crippen LogP contribution is 2.32. The summed E-state index contributed by atoms with van der Waals surface area (Å²) in [6.07, 6.45) is 2.26. The summed E-state index contributed by atoms with van der Waals surface area (Å²) < 4.78 is 0. The first kappa shape index (κ1) is 12.9. The maximum Gasteiger partial charge on any atom is 0.0781 e. The van der Waals surface area contributed by atoms with Gasteiger partial charge >= 0.3 is 0 Å². The van der Waals surface area contributed by atoms with Gasteiger partial charge in [0.2, 0.25) is 0 Å². The maximum absolute atomic E-state index is 9.97. The van der Waals surface area contributed by atoms with Crippen LogP contribution in [0.15, 0.2) is 24.3 Å². The Kier molecular flexibility index (Phi) is 3.50. The Hall–Kier alpha value is -1.06. The first-order valence-corrected chi connectivity index (χ1v) is 7.44. The van der Waals surface area contributed by atoms with E-state index in [0.29, 0.717) is 12.1 Å². The van der Waals surface area contributed by atoms with Crippen LogP contribution in [0.5, 0.6) is 0 Å². The van der Waals surface area contributed by atoms with Crippen LogP contribution in [0, 0.1) is 0 Å². The molecule has 3 rings (SSSR count). The van der Waals surface area contributed by atoms with E-state index in [1.807, 2.05) is 19.1 Å². The molecule has 0 aromatic heterocycles. The van der Waals surface area contributed by atoms with Crippen LogP contribution in [0.25, 0.3) is 0 Å². The molecule has 0 spiro atoms. The number of aliphatic hydroxyl groups excluding tert-OH is 1. The zero-order valence-electron chi connectivity index (χ0n) is 11.9. The standard InChI is InChI=1S/C16H24N2O/c1-12-10-17-9-5-6-14(17)11-18(12)16-8-4-3-7-15(16)13(2)19/h3-4,7-8,12-14,19H,5-6,9-11H2,1-2H3/t12?,13-,14?/m0/s1. The normalized spacial score (nSPS) is 29.3. The largest absolute Gasteiger partial charge is 0.389 e. The molecule has 0 saturated carbocycles. The van der Waals surface area contributed by atoms with Crippen LogP contribution in [0.4, 0.5) is 5.69 Å². The number of benzene rings is 1. The number of nitrogens with zero attached hydrogens (tertiary/aromatic N) is 2. The smallest absolute Gasteiger partial charge is 0.0781 e. The molecule has 0 aliphatic carbocycles. The third kappa shape index (κ3) is 2.37. The van der Waals surface area contributed by atoms with Crippen molar-refractivity contribution in [3.63, 3.8) is 0 Å². The van der Waals surface area contributed by atoms with Gasteiger partial charge in [-0.1, -0.05) is 18.2 Å². The molecule has 0 radical (unpaired) electrons.